The molecule has 2 N–H and O–H groups in total. The van der Waals surface area contributed by atoms with Crippen molar-refractivity contribution >= 4 is 17.6 Å². The Bertz CT molecular complexity index is 264. The summed E-state index contributed by atoms with van der Waals surface area (Å²) in [6.07, 6.45) is 2.91. The van der Waals surface area contributed by atoms with E-state index in [2.05, 4.69) is 10.6 Å². The lowest BCUT2D eigenvalue weighted by Crippen LogP contribution is -2.34. The fourth-order valence-electron chi connectivity index (χ4n) is 1.21. The number of rotatable bonds is 9. The third-order valence-electron chi connectivity index (χ3n) is 2.23. The molecule has 5 nitrogen and oxygen atoms in total. The Morgan fingerprint density at radius 1 is 0.882 bits per heavy atom. The predicted octanol–water partition coefficient (Wildman–Crippen LogP) is 0.778. The Balaban J connectivity index is 3.41. The van der Waals surface area contributed by atoms with Crippen molar-refractivity contribution in [1.29, 1.82) is 0 Å². The molecule has 0 bridgehead atoms. The molecule has 0 radical (unpaired) electrons. The number of amides is 2. The summed E-state index contributed by atoms with van der Waals surface area (Å²) in [6, 6.07) is 0. The lowest BCUT2D eigenvalue weighted by molar-refractivity contribution is -0.124. The first kappa shape index (κ1) is 15.6. The highest BCUT2D eigenvalue weighted by molar-refractivity contribution is 5.83. The quantitative estimate of drug-likeness (QED) is 0.587. The highest BCUT2D eigenvalue weighted by Gasteiger charge is 2.03. The van der Waals surface area contributed by atoms with Gasteiger partial charge in [-0.25, -0.2) is 0 Å². The number of hydrogen-bond donors (Lipinski definition) is 2. The van der Waals surface area contributed by atoms with Crippen molar-refractivity contribution in [2.45, 2.75) is 46.0 Å². The van der Waals surface area contributed by atoms with Gasteiger partial charge in [0.1, 0.15) is 5.78 Å². The SMILES string of the molecule is CCCCC(=O)NCCNC(=O)CCC(C)=O. The monoisotopic (exact) mass is 242 g/mol. The van der Waals surface area contributed by atoms with Crippen LogP contribution in [0.4, 0.5) is 0 Å². The van der Waals surface area contributed by atoms with Crippen molar-refractivity contribution in [3.05, 3.63) is 0 Å². The average molecular weight is 242 g/mol. The third kappa shape index (κ3) is 10.9. The maximum Gasteiger partial charge on any atom is 0.220 e. The van der Waals surface area contributed by atoms with Gasteiger partial charge in [0.2, 0.25) is 11.8 Å². The Hall–Kier alpha value is -1.39. The van der Waals surface area contributed by atoms with Gasteiger partial charge in [0.05, 0.1) is 0 Å². The molecule has 0 aliphatic carbocycles. The molecule has 0 aliphatic rings. The number of Topliss-reactive ketones (excluding diaryl/α,β-unsaturated/α-hetero) is 1. The van der Waals surface area contributed by atoms with Crippen LogP contribution in [0.3, 0.4) is 0 Å². The van der Waals surface area contributed by atoms with Gasteiger partial charge < -0.3 is 15.4 Å². The minimum absolute atomic E-state index is 0.00742. The van der Waals surface area contributed by atoms with Gasteiger partial charge in [-0.15, -0.1) is 0 Å². The van der Waals surface area contributed by atoms with E-state index in [9.17, 15) is 14.4 Å². The Labute approximate surface area is 102 Å². The molecular formula is C12H22N2O3. The van der Waals surface area contributed by atoms with Crippen molar-refractivity contribution in [1.82, 2.24) is 10.6 Å². The summed E-state index contributed by atoms with van der Waals surface area (Å²) >= 11 is 0. The molecule has 0 aromatic carbocycles. The van der Waals surface area contributed by atoms with Gasteiger partial charge in [0.25, 0.3) is 0 Å². The molecule has 0 heterocycles. The number of ketones is 1. The Morgan fingerprint density at radius 2 is 1.41 bits per heavy atom. The van der Waals surface area contributed by atoms with E-state index in [0.717, 1.165) is 12.8 Å². The maximum absolute atomic E-state index is 11.2. The van der Waals surface area contributed by atoms with Gasteiger partial charge in [0, 0.05) is 32.4 Å². The van der Waals surface area contributed by atoms with Crippen molar-refractivity contribution in [2.24, 2.45) is 0 Å². The summed E-state index contributed by atoms with van der Waals surface area (Å²) in [5.41, 5.74) is 0. The second kappa shape index (κ2) is 9.81. The van der Waals surface area contributed by atoms with Crippen LogP contribution in [0.15, 0.2) is 0 Å². The van der Waals surface area contributed by atoms with Crippen LogP contribution in [0.5, 0.6) is 0 Å². The van der Waals surface area contributed by atoms with Crippen molar-refractivity contribution < 1.29 is 14.4 Å². The highest BCUT2D eigenvalue weighted by atomic mass is 16.2. The van der Waals surface area contributed by atoms with Gasteiger partial charge in [-0.3, -0.25) is 9.59 Å². The van der Waals surface area contributed by atoms with Crippen molar-refractivity contribution in [3.8, 4) is 0 Å². The second-order valence-electron chi connectivity index (χ2n) is 4.01. The molecule has 0 saturated heterocycles. The van der Waals surface area contributed by atoms with Gasteiger partial charge in [0.15, 0.2) is 0 Å². The van der Waals surface area contributed by atoms with Crippen LogP contribution < -0.4 is 10.6 Å². The van der Waals surface area contributed by atoms with Crippen LogP contribution in [0.1, 0.15) is 46.0 Å². The summed E-state index contributed by atoms with van der Waals surface area (Å²) < 4.78 is 0. The lowest BCUT2D eigenvalue weighted by Gasteiger charge is -2.06. The molecule has 2 amide bonds. The molecule has 17 heavy (non-hydrogen) atoms. The molecule has 0 saturated carbocycles. The topological polar surface area (TPSA) is 75.3 Å². The summed E-state index contributed by atoms with van der Waals surface area (Å²) in [5.74, 6) is -0.124. The van der Waals surface area contributed by atoms with Crippen LogP contribution in [-0.2, 0) is 14.4 Å². The molecule has 0 aliphatic heterocycles. The van der Waals surface area contributed by atoms with E-state index in [1.807, 2.05) is 6.92 Å². The molecule has 0 aromatic rings. The van der Waals surface area contributed by atoms with E-state index in [-0.39, 0.29) is 30.4 Å². The van der Waals surface area contributed by atoms with E-state index in [0.29, 0.717) is 19.5 Å². The number of carbonyl (C=O) groups is 3. The summed E-state index contributed by atoms with van der Waals surface area (Å²) in [7, 11) is 0. The smallest absolute Gasteiger partial charge is 0.220 e. The zero-order valence-electron chi connectivity index (χ0n) is 10.7. The molecule has 0 fully saturated rings. The molecule has 5 heteroatoms. The zero-order valence-corrected chi connectivity index (χ0v) is 10.7. The summed E-state index contributed by atoms with van der Waals surface area (Å²) in [6.45, 7) is 4.34. The van der Waals surface area contributed by atoms with Crippen LogP contribution >= 0.6 is 0 Å². The van der Waals surface area contributed by atoms with Gasteiger partial charge in [-0.1, -0.05) is 13.3 Å². The first-order chi connectivity index (χ1) is 8.06. The Kier molecular flexibility index (Phi) is 9.01. The van der Waals surface area contributed by atoms with Crippen LogP contribution in [0, 0.1) is 0 Å². The number of hydrogen-bond acceptors (Lipinski definition) is 3. The fourth-order valence-corrected chi connectivity index (χ4v) is 1.21. The van der Waals surface area contributed by atoms with E-state index in [1.165, 1.54) is 6.92 Å². The molecule has 98 valence electrons. The molecule has 0 atom stereocenters. The van der Waals surface area contributed by atoms with Crippen LogP contribution in [0.25, 0.3) is 0 Å². The van der Waals surface area contributed by atoms with Gasteiger partial charge >= 0.3 is 0 Å². The number of carbonyl (C=O) groups excluding carboxylic acids is 3. The first-order valence-electron chi connectivity index (χ1n) is 6.09. The van der Waals surface area contributed by atoms with E-state index < -0.39 is 0 Å². The standard InChI is InChI=1S/C12H22N2O3/c1-3-4-5-11(16)13-8-9-14-12(17)7-6-10(2)15/h3-9H2,1-2H3,(H,13,16)(H,14,17). The van der Waals surface area contributed by atoms with Gasteiger partial charge in [-0.2, -0.15) is 0 Å². The molecule has 0 spiro atoms. The zero-order chi connectivity index (χ0) is 13.1. The second-order valence-corrected chi connectivity index (χ2v) is 4.01. The maximum atomic E-state index is 11.2. The molecule has 0 aromatic heterocycles. The minimum Gasteiger partial charge on any atom is -0.354 e. The normalized spacial score (nSPS) is 9.76. The van der Waals surface area contributed by atoms with E-state index in [1.54, 1.807) is 0 Å². The minimum atomic E-state index is -0.150. The van der Waals surface area contributed by atoms with Crippen LogP contribution in [0.2, 0.25) is 0 Å². The van der Waals surface area contributed by atoms with E-state index >= 15 is 0 Å². The molecule has 0 unspecified atom stereocenters. The van der Waals surface area contributed by atoms with Gasteiger partial charge in [-0.05, 0) is 13.3 Å². The third-order valence-corrected chi connectivity index (χ3v) is 2.23. The number of unbranched alkanes of at least 4 members (excludes halogenated alkanes) is 1. The lowest BCUT2D eigenvalue weighted by atomic mass is 10.2. The van der Waals surface area contributed by atoms with Crippen molar-refractivity contribution in [3.63, 3.8) is 0 Å². The Morgan fingerprint density at radius 3 is 1.88 bits per heavy atom. The highest BCUT2D eigenvalue weighted by Crippen LogP contribution is 1.92. The summed E-state index contributed by atoms with van der Waals surface area (Å²) in [4.78, 5) is 33.0. The van der Waals surface area contributed by atoms with E-state index in [4.69, 9.17) is 0 Å². The average Bonchev–Trinajstić information content (AvgIpc) is 2.29. The fraction of sp³-hybridized carbons (Fsp3) is 0.750. The van der Waals surface area contributed by atoms with Crippen LogP contribution in [-0.4, -0.2) is 30.7 Å². The predicted molar refractivity (Wildman–Crippen MR) is 65.5 cm³/mol. The van der Waals surface area contributed by atoms with Crippen molar-refractivity contribution in [2.75, 3.05) is 13.1 Å². The molecular weight excluding hydrogens is 220 g/mol. The largest absolute Gasteiger partial charge is 0.354 e. The number of nitrogens with one attached hydrogen (secondary N) is 2. The molecule has 0 rings (SSSR count). The first-order valence-corrected chi connectivity index (χ1v) is 6.09. The summed E-state index contributed by atoms with van der Waals surface area (Å²) in [5, 5.41) is 5.36.